The second-order valence-electron chi connectivity index (χ2n) is 26.9. The van der Waals surface area contributed by atoms with Crippen LogP contribution in [0, 0.1) is 0 Å². The van der Waals surface area contributed by atoms with Gasteiger partial charge in [0, 0.05) is 60.1 Å². The third kappa shape index (κ3) is 7.59. The fraction of sp³-hybridized carbons (Fsp3) is 0.200. The number of para-hydroxylation sites is 6. The minimum Gasteiger partial charge on any atom is -0.454 e. The van der Waals surface area contributed by atoms with Crippen molar-refractivity contribution >= 4 is 126 Å². The summed E-state index contributed by atoms with van der Waals surface area (Å²) in [6.07, 6.45) is 0. The maximum atomic E-state index is 7.12. The molecule has 0 aliphatic heterocycles. The molecule has 0 saturated carbocycles. The van der Waals surface area contributed by atoms with E-state index < -0.39 is 16.1 Å². The van der Waals surface area contributed by atoms with Crippen molar-refractivity contribution in [3.63, 3.8) is 0 Å². The number of fused-ring (bicyclic) bond motifs is 15. The van der Waals surface area contributed by atoms with Gasteiger partial charge in [-0.25, -0.2) is 0 Å². The summed E-state index contributed by atoms with van der Waals surface area (Å²) < 4.78 is 14.1. The number of nitrogens with zero attached hydrogens (tertiary/aromatic N) is 2. The largest absolute Gasteiger partial charge is 0.454 e. The van der Waals surface area contributed by atoms with E-state index in [-0.39, 0.29) is 15.5 Å². The second kappa shape index (κ2) is 17.9. The van der Waals surface area contributed by atoms with Crippen LogP contribution in [0.4, 0.5) is 34.1 Å². The fourth-order valence-electron chi connectivity index (χ4n) is 14.9. The lowest BCUT2D eigenvalue weighted by atomic mass is 9.86. The molecule has 14 rings (SSSR count). The molecule has 2 heterocycles. The first-order valence-corrected chi connectivity index (χ1v) is 35.9. The average molecular weight is 1090 g/mol. The normalized spacial score (nSPS) is 13.8. The van der Waals surface area contributed by atoms with Gasteiger partial charge in [0.2, 0.25) is 0 Å². The summed E-state index contributed by atoms with van der Waals surface area (Å²) in [7, 11) is -4.40. The van der Waals surface area contributed by atoms with E-state index in [1.807, 2.05) is 0 Å². The van der Waals surface area contributed by atoms with Crippen LogP contribution in [0.1, 0.15) is 63.8 Å². The lowest BCUT2D eigenvalue weighted by Crippen LogP contribution is -2.63. The molecule has 0 unspecified atom stereocenters. The first kappa shape index (κ1) is 51.0. The zero-order valence-corrected chi connectivity index (χ0v) is 50.8. The van der Waals surface area contributed by atoms with Crippen LogP contribution in [0.3, 0.4) is 0 Å². The van der Waals surface area contributed by atoms with Gasteiger partial charge in [0.15, 0.2) is 11.2 Å². The molecule has 0 saturated heterocycles. The molecule has 4 nitrogen and oxygen atoms in total. The van der Waals surface area contributed by atoms with Crippen molar-refractivity contribution in [1.82, 2.24) is 0 Å². The Bertz CT molecular complexity index is 4680. The maximum absolute atomic E-state index is 7.12. The summed E-state index contributed by atoms with van der Waals surface area (Å²) in [5, 5.41) is 12.2. The molecule has 0 bridgehead atoms. The highest BCUT2D eigenvalue weighted by molar-refractivity contribution is 7.00. The molecule has 0 atom stereocenters. The minimum atomic E-state index is -2.20. The highest BCUT2D eigenvalue weighted by Crippen LogP contribution is 2.63. The maximum Gasteiger partial charge on any atom is 0.159 e. The van der Waals surface area contributed by atoms with Gasteiger partial charge >= 0.3 is 0 Å². The van der Waals surface area contributed by atoms with Crippen molar-refractivity contribution in [3.8, 4) is 11.1 Å². The van der Waals surface area contributed by atoms with Crippen LogP contribution >= 0.6 is 0 Å². The topological polar surface area (TPSA) is 32.8 Å². The molecule has 1 aliphatic rings. The summed E-state index contributed by atoms with van der Waals surface area (Å²) in [5.41, 5.74) is 18.2. The summed E-state index contributed by atoms with van der Waals surface area (Å²) in [6, 6.07) is 77.1. The van der Waals surface area contributed by atoms with Crippen LogP contribution in [-0.2, 0) is 15.5 Å². The third-order valence-electron chi connectivity index (χ3n) is 17.9. The molecule has 6 heteroatoms. The van der Waals surface area contributed by atoms with Crippen molar-refractivity contribution in [3.05, 3.63) is 229 Å². The van der Waals surface area contributed by atoms with Crippen LogP contribution < -0.4 is 9.80 Å². The molecule has 11 aromatic carbocycles. The summed E-state index contributed by atoms with van der Waals surface area (Å²) in [4.78, 5) is 4.82. The monoisotopic (exact) mass is 1090 g/mol. The van der Waals surface area contributed by atoms with Gasteiger partial charge < -0.3 is 18.6 Å². The SMILES string of the molecule is CC(C)(C)c1cccc2c1oc1c(N(c3ccccc3)c3ccc4cc5c(cc4c3)C([Si](C)(C)C)([Si](C)(C)C)c3c-5c4ccccc4c4cc(N(c5ccccc5)c5cccc6c5oc5c(C(C)(C)C)cccc56)ccc34)cccc12. The standard InChI is InChI=1S/C75H70N2O2Si2/c1-73(2,3)62-35-21-31-56-58-33-23-37-65(71(58)78-69(56)62)76(49-25-15-13-16-26-49)51-40-39-47-44-61-64(45-48(47)43-51)75(80(7,8)9,81(10,11)12)68-55-42-41-52(46-60(55)53-29-19-20-30-54(53)67(61)68)77(50-27-17-14-18-28-50)66-38-24-34-59-57-32-22-36-63(74(4,5)6)70(57)79-72(59)66/h13-46H,1-12H3. The van der Waals surface area contributed by atoms with Crippen LogP contribution in [0.25, 0.3) is 87.3 Å². The van der Waals surface area contributed by atoms with Gasteiger partial charge in [-0.3, -0.25) is 0 Å². The Balaban J connectivity index is 0.999. The quantitative estimate of drug-likeness (QED) is 0.112. The number of hydrogen-bond acceptors (Lipinski definition) is 4. The van der Waals surface area contributed by atoms with Gasteiger partial charge in [0.25, 0.3) is 0 Å². The molecule has 0 N–H and O–H groups in total. The van der Waals surface area contributed by atoms with Gasteiger partial charge in [0.1, 0.15) is 11.2 Å². The molecule has 0 fully saturated rings. The number of benzene rings is 11. The van der Waals surface area contributed by atoms with Crippen molar-refractivity contribution < 1.29 is 8.83 Å². The minimum absolute atomic E-state index is 0.0825. The molecular formula is C75H70N2O2Si2. The van der Waals surface area contributed by atoms with E-state index in [2.05, 4.69) is 297 Å². The molecule has 0 amide bonds. The van der Waals surface area contributed by atoms with E-state index in [1.54, 1.807) is 0 Å². The lowest BCUT2D eigenvalue weighted by Gasteiger charge is -2.51. The number of anilines is 6. The molecule has 1 aliphatic carbocycles. The van der Waals surface area contributed by atoms with E-state index in [0.29, 0.717) is 0 Å². The van der Waals surface area contributed by atoms with Crippen molar-refractivity contribution in [2.75, 3.05) is 9.80 Å². The molecule has 0 radical (unpaired) electrons. The first-order valence-electron chi connectivity index (χ1n) is 28.9. The Morgan fingerprint density at radius 2 is 0.790 bits per heavy atom. The molecular weight excluding hydrogens is 1020 g/mol. The van der Waals surface area contributed by atoms with Crippen molar-refractivity contribution in [2.24, 2.45) is 0 Å². The molecule has 2 aromatic heterocycles. The highest BCUT2D eigenvalue weighted by atomic mass is 28.4. The van der Waals surface area contributed by atoms with E-state index in [0.717, 1.165) is 78.0 Å². The van der Waals surface area contributed by atoms with Crippen LogP contribution in [0.2, 0.25) is 39.3 Å². The van der Waals surface area contributed by atoms with Gasteiger partial charge in [-0.05, 0) is 132 Å². The Morgan fingerprint density at radius 1 is 0.346 bits per heavy atom. The number of hydrogen-bond donors (Lipinski definition) is 0. The van der Waals surface area contributed by atoms with E-state index in [4.69, 9.17) is 8.83 Å². The van der Waals surface area contributed by atoms with E-state index in [9.17, 15) is 0 Å². The van der Waals surface area contributed by atoms with Crippen LogP contribution in [0.15, 0.2) is 215 Å². The predicted octanol–water partition coefficient (Wildman–Crippen LogP) is 22.5. The lowest BCUT2D eigenvalue weighted by molar-refractivity contribution is 0.572. The second-order valence-corrected chi connectivity index (χ2v) is 37.9. The van der Waals surface area contributed by atoms with E-state index in [1.165, 1.54) is 65.7 Å². The summed E-state index contributed by atoms with van der Waals surface area (Å²) in [5.74, 6) is 0. The highest BCUT2D eigenvalue weighted by Gasteiger charge is 2.60. The zero-order valence-electron chi connectivity index (χ0n) is 48.8. The van der Waals surface area contributed by atoms with Crippen LogP contribution in [0.5, 0.6) is 0 Å². The Morgan fingerprint density at radius 3 is 1.30 bits per heavy atom. The summed E-state index contributed by atoms with van der Waals surface area (Å²) >= 11 is 0. The molecule has 400 valence electrons. The fourth-order valence-corrected chi connectivity index (χ4v) is 27.9. The van der Waals surface area contributed by atoms with Crippen LogP contribution in [-0.4, -0.2) is 16.1 Å². The van der Waals surface area contributed by atoms with Crippen molar-refractivity contribution in [2.45, 2.75) is 96.3 Å². The third-order valence-corrected chi connectivity index (χ3v) is 28.0. The Labute approximate surface area is 478 Å². The number of furan rings is 2. The van der Waals surface area contributed by atoms with Gasteiger partial charge in [-0.15, -0.1) is 0 Å². The smallest absolute Gasteiger partial charge is 0.159 e. The zero-order chi connectivity index (χ0) is 56.1. The Hall–Kier alpha value is -8.17. The van der Waals surface area contributed by atoms with Gasteiger partial charge in [-0.2, -0.15) is 0 Å². The first-order chi connectivity index (χ1) is 38.7. The van der Waals surface area contributed by atoms with Crippen molar-refractivity contribution in [1.29, 1.82) is 0 Å². The average Bonchev–Trinajstić information content (AvgIpc) is 1.84. The van der Waals surface area contributed by atoms with Gasteiger partial charge in [0.05, 0.1) is 27.5 Å². The van der Waals surface area contributed by atoms with E-state index >= 15 is 0 Å². The summed E-state index contributed by atoms with van der Waals surface area (Å²) in [6.45, 7) is 29.5. The van der Waals surface area contributed by atoms with Gasteiger partial charge in [-0.1, -0.05) is 220 Å². The molecule has 81 heavy (non-hydrogen) atoms. The molecule has 13 aromatic rings. The molecule has 0 spiro atoms. The number of rotatable bonds is 8. The Kier molecular flexibility index (Phi) is 11.3. The predicted molar refractivity (Wildman–Crippen MR) is 353 cm³/mol.